The van der Waals surface area contributed by atoms with Gasteiger partial charge in [0.25, 0.3) is 5.56 Å². The van der Waals surface area contributed by atoms with Crippen LogP contribution in [0.25, 0.3) is 10.9 Å². The highest BCUT2D eigenvalue weighted by atomic mass is 16.5. The number of hydrogen-bond donors (Lipinski definition) is 2. The van der Waals surface area contributed by atoms with E-state index in [1.54, 1.807) is 18.5 Å². The lowest BCUT2D eigenvalue weighted by atomic mass is 9.61. The third kappa shape index (κ3) is 2.19. The van der Waals surface area contributed by atoms with Crippen molar-refractivity contribution in [3.8, 4) is 5.75 Å². The highest BCUT2D eigenvalue weighted by molar-refractivity contribution is 5.87. The van der Waals surface area contributed by atoms with Crippen molar-refractivity contribution in [3.05, 3.63) is 40.2 Å². The van der Waals surface area contributed by atoms with Gasteiger partial charge in [-0.1, -0.05) is 12.1 Å². The minimum absolute atomic E-state index is 0.0240. The maximum Gasteiger partial charge on any atom is 0.258 e. The quantitative estimate of drug-likeness (QED) is 0.770. The van der Waals surface area contributed by atoms with Crippen molar-refractivity contribution in [2.75, 3.05) is 0 Å². The SMILES string of the molecule is Cn1c(=O)c2c(c3ccccc31)OC(C)(C)[C@H]1CC[C@@](C)(O)[C@H](O)[C@H]21. The molecule has 5 heteroatoms. The summed E-state index contributed by atoms with van der Waals surface area (Å²) in [5.74, 6) is 0.0941. The zero-order valence-corrected chi connectivity index (χ0v) is 15.1. The molecule has 1 aromatic heterocycles. The van der Waals surface area contributed by atoms with E-state index >= 15 is 0 Å². The summed E-state index contributed by atoms with van der Waals surface area (Å²) in [5.41, 5.74) is -0.584. The van der Waals surface area contributed by atoms with E-state index in [-0.39, 0.29) is 11.5 Å². The molecule has 4 rings (SSSR count). The van der Waals surface area contributed by atoms with Gasteiger partial charge < -0.3 is 19.5 Å². The van der Waals surface area contributed by atoms with Crippen LogP contribution in [0.2, 0.25) is 0 Å². The molecule has 4 atom stereocenters. The molecule has 134 valence electrons. The molecule has 1 fully saturated rings. The van der Waals surface area contributed by atoms with Crippen molar-refractivity contribution < 1.29 is 14.9 Å². The number of aryl methyl sites for hydroxylation is 1. The molecule has 0 unspecified atom stereocenters. The average molecular weight is 343 g/mol. The fraction of sp³-hybridized carbons (Fsp3) is 0.550. The molecular formula is C20H25NO4. The molecule has 2 N–H and O–H groups in total. The first-order valence-electron chi connectivity index (χ1n) is 8.86. The predicted octanol–water partition coefficient (Wildman–Crippen LogP) is 2.32. The second-order valence-electron chi connectivity index (χ2n) is 8.30. The Bertz CT molecular complexity index is 912. The molecule has 0 amide bonds. The third-order valence-electron chi connectivity index (χ3n) is 6.25. The van der Waals surface area contributed by atoms with Crippen molar-refractivity contribution in [1.82, 2.24) is 4.57 Å². The number of hydrogen-bond acceptors (Lipinski definition) is 4. The Kier molecular flexibility index (Phi) is 3.38. The maximum atomic E-state index is 13.1. The Morgan fingerprint density at radius 2 is 1.92 bits per heavy atom. The molecule has 1 aromatic carbocycles. The molecule has 2 aliphatic rings. The van der Waals surface area contributed by atoms with Gasteiger partial charge in [0.1, 0.15) is 11.4 Å². The molecule has 1 aliphatic carbocycles. The predicted molar refractivity (Wildman–Crippen MR) is 96.0 cm³/mol. The molecule has 0 radical (unpaired) electrons. The number of ether oxygens (including phenoxy) is 1. The molecule has 25 heavy (non-hydrogen) atoms. The summed E-state index contributed by atoms with van der Waals surface area (Å²) in [6.07, 6.45) is 0.199. The summed E-state index contributed by atoms with van der Waals surface area (Å²) in [6, 6.07) is 7.65. The molecule has 0 saturated heterocycles. The van der Waals surface area contributed by atoms with Crippen molar-refractivity contribution in [3.63, 3.8) is 0 Å². The van der Waals surface area contributed by atoms with Crippen LogP contribution in [0.5, 0.6) is 5.75 Å². The molecule has 0 spiro atoms. The molecule has 2 aromatic rings. The Hall–Kier alpha value is -1.85. The van der Waals surface area contributed by atoms with Crippen LogP contribution in [-0.4, -0.2) is 32.1 Å². The minimum atomic E-state index is -1.21. The van der Waals surface area contributed by atoms with Gasteiger partial charge in [-0.15, -0.1) is 0 Å². The number of fused-ring (bicyclic) bond motifs is 5. The highest BCUT2D eigenvalue weighted by Gasteiger charge is 2.55. The molecule has 5 nitrogen and oxygen atoms in total. The van der Waals surface area contributed by atoms with Crippen molar-refractivity contribution in [2.24, 2.45) is 13.0 Å². The lowest BCUT2D eigenvalue weighted by Crippen LogP contribution is -2.58. The fourth-order valence-electron chi connectivity index (χ4n) is 4.75. The largest absolute Gasteiger partial charge is 0.486 e. The average Bonchev–Trinajstić information content (AvgIpc) is 2.55. The number of pyridine rings is 1. The second-order valence-corrected chi connectivity index (χ2v) is 8.30. The number of aliphatic hydroxyl groups is 2. The number of benzene rings is 1. The van der Waals surface area contributed by atoms with Gasteiger partial charge >= 0.3 is 0 Å². The monoisotopic (exact) mass is 343 g/mol. The molecule has 0 bridgehead atoms. The normalized spacial score (nSPS) is 33.4. The number of para-hydroxylation sites is 1. The summed E-state index contributed by atoms with van der Waals surface area (Å²) in [6.45, 7) is 5.67. The number of rotatable bonds is 0. The molecule has 1 aliphatic heterocycles. The van der Waals surface area contributed by atoms with Gasteiger partial charge in [0.2, 0.25) is 0 Å². The summed E-state index contributed by atoms with van der Waals surface area (Å²) in [4.78, 5) is 13.1. The summed E-state index contributed by atoms with van der Waals surface area (Å²) >= 11 is 0. The van der Waals surface area contributed by atoms with Crippen molar-refractivity contribution in [2.45, 2.75) is 56.8 Å². The zero-order chi connectivity index (χ0) is 18.1. The van der Waals surface area contributed by atoms with E-state index < -0.39 is 23.2 Å². The van der Waals surface area contributed by atoms with E-state index in [0.717, 1.165) is 10.9 Å². The standard InChI is InChI=1S/C20H25NO4/c1-19(2)12-9-10-20(3,24)17(22)14(12)15-16(25-19)11-7-5-6-8-13(11)21(4)18(15)23/h5-8,12,14,17,22,24H,9-10H2,1-4H3/t12-,14-,17+,20+/m0/s1. The Balaban J connectivity index is 2.08. The van der Waals surface area contributed by atoms with Crippen LogP contribution in [0.3, 0.4) is 0 Å². The van der Waals surface area contributed by atoms with Gasteiger partial charge in [0.05, 0.1) is 22.8 Å². The van der Waals surface area contributed by atoms with Crippen molar-refractivity contribution in [1.29, 1.82) is 0 Å². The van der Waals surface area contributed by atoms with E-state index in [0.29, 0.717) is 24.2 Å². The van der Waals surface area contributed by atoms with Gasteiger partial charge in [-0.05, 0) is 45.7 Å². The van der Waals surface area contributed by atoms with Crippen LogP contribution >= 0.6 is 0 Å². The molecule has 2 heterocycles. The van der Waals surface area contributed by atoms with Gasteiger partial charge in [0, 0.05) is 24.3 Å². The van der Waals surface area contributed by atoms with Crippen LogP contribution < -0.4 is 10.3 Å². The van der Waals surface area contributed by atoms with Crippen LogP contribution in [0.1, 0.15) is 45.1 Å². The summed E-state index contributed by atoms with van der Waals surface area (Å²) in [5, 5.41) is 22.5. The van der Waals surface area contributed by atoms with Gasteiger partial charge in [0.15, 0.2) is 0 Å². The maximum absolute atomic E-state index is 13.1. The van der Waals surface area contributed by atoms with Crippen LogP contribution in [0.4, 0.5) is 0 Å². The van der Waals surface area contributed by atoms with Gasteiger partial charge in [-0.25, -0.2) is 0 Å². The number of aromatic nitrogens is 1. The summed E-state index contributed by atoms with van der Waals surface area (Å²) < 4.78 is 7.96. The van der Waals surface area contributed by atoms with E-state index in [1.165, 1.54) is 0 Å². The highest BCUT2D eigenvalue weighted by Crippen LogP contribution is 2.54. The number of aliphatic hydroxyl groups excluding tert-OH is 1. The van der Waals surface area contributed by atoms with Crippen LogP contribution in [0, 0.1) is 5.92 Å². The van der Waals surface area contributed by atoms with E-state index in [1.807, 2.05) is 38.1 Å². The lowest BCUT2D eigenvalue weighted by molar-refractivity contribution is -0.143. The molecule has 1 saturated carbocycles. The third-order valence-corrected chi connectivity index (χ3v) is 6.25. The topological polar surface area (TPSA) is 71.7 Å². The zero-order valence-electron chi connectivity index (χ0n) is 15.1. The summed E-state index contributed by atoms with van der Waals surface area (Å²) in [7, 11) is 1.74. The Morgan fingerprint density at radius 3 is 2.64 bits per heavy atom. The Labute approximate surface area is 146 Å². The fourth-order valence-corrected chi connectivity index (χ4v) is 4.75. The van der Waals surface area contributed by atoms with E-state index in [4.69, 9.17) is 4.74 Å². The molecular weight excluding hydrogens is 318 g/mol. The van der Waals surface area contributed by atoms with E-state index in [2.05, 4.69) is 0 Å². The first kappa shape index (κ1) is 16.6. The second kappa shape index (κ2) is 5.08. The lowest BCUT2D eigenvalue weighted by Gasteiger charge is -2.52. The Morgan fingerprint density at radius 1 is 1.24 bits per heavy atom. The first-order chi connectivity index (χ1) is 11.6. The van der Waals surface area contributed by atoms with Crippen LogP contribution in [0.15, 0.2) is 29.1 Å². The van der Waals surface area contributed by atoms with Crippen LogP contribution in [-0.2, 0) is 7.05 Å². The smallest absolute Gasteiger partial charge is 0.258 e. The van der Waals surface area contributed by atoms with Gasteiger partial charge in [-0.2, -0.15) is 0 Å². The first-order valence-corrected chi connectivity index (χ1v) is 8.86. The number of nitrogens with zero attached hydrogens (tertiary/aromatic N) is 1. The van der Waals surface area contributed by atoms with Crippen molar-refractivity contribution >= 4 is 10.9 Å². The van der Waals surface area contributed by atoms with E-state index in [9.17, 15) is 15.0 Å². The minimum Gasteiger partial charge on any atom is -0.486 e. The van der Waals surface area contributed by atoms with Gasteiger partial charge in [-0.3, -0.25) is 4.79 Å².